The van der Waals surface area contributed by atoms with Gasteiger partial charge in [0, 0.05) is 13.7 Å². The molecule has 68 valence electrons. The van der Waals surface area contributed by atoms with Crippen LogP contribution in [-0.2, 0) is 4.74 Å². The molecule has 0 radical (unpaired) electrons. The van der Waals surface area contributed by atoms with E-state index in [4.69, 9.17) is 14.9 Å². The fraction of sp³-hybridized carbons (Fsp3) is 1.00. The molecule has 4 heteroatoms. The van der Waals surface area contributed by atoms with Crippen molar-refractivity contribution in [2.75, 3.05) is 33.5 Å². The second kappa shape index (κ2) is 7.94. The fourth-order valence-electron chi connectivity index (χ4n) is 0.710. The van der Waals surface area contributed by atoms with Crippen LogP contribution in [0.25, 0.3) is 0 Å². The Bertz CT molecular complexity index is 76.1. The van der Waals surface area contributed by atoms with Crippen molar-refractivity contribution in [1.29, 1.82) is 0 Å². The molecule has 0 aliphatic carbocycles. The van der Waals surface area contributed by atoms with E-state index in [1.165, 1.54) is 0 Å². The van der Waals surface area contributed by atoms with Gasteiger partial charge in [0.05, 0.1) is 19.3 Å². The summed E-state index contributed by atoms with van der Waals surface area (Å²) in [5.41, 5.74) is 0. The maximum absolute atomic E-state index is 8.63. The summed E-state index contributed by atoms with van der Waals surface area (Å²) in [6, 6.07) is -0.188. The van der Waals surface area contributed by atoms with Crippen LogP contribution in [0.4, 0.5) is 0 Å². The van der Waals surface area contributed by atoms with Gasteiger partial charge >= 0.3 is 0 Å². The zero-order valence-corrected chi connectivity index (χ0v) is 6.92. The van der Waals surface area contributed by atoms with E-state index in [0.29, 0.717) is 6.61 Å². The largest absolute Gasteiger partial charge is 0.395 e. The predicted octanol–water partition coefficient (Wildman–Crippen LogP) is -1.03. The number of hydrogen-bond acceptors (Lipinski definition) is 4. The molecule has 0 aromatic heterocycles. The van der Waals surface area contributed by atoms with Gasteiger partial charge < -0.3 is 20.3 Å². The Morgan fingerprint density at radius 3 is 2.45 bits per heavy atom. The van der Waals surface area contributed by atoms with Crippen molar-refractivity contribution < 1.29 is 14.9 Å². The average Bonchev–Trinajstić information content (AvgIpc) is 2.05. The van der Waals surface area contributed by atoms with Crippen LogP contribution in [0.2, 0.25) is 0 Å². The van der Waals surface area contributed by atoms with Crippen LogP contribution in [-0.4, -0.2) is 49.7 Å². The highest BCUT2D eigenvalue weighted by Gasteiger charge is 2.02. The molecule has 0 heterocycles. The molecule has 0 fully saturated rings. The summed E-state index contributed by atoms with van der Waals surface area (Å²) in [6.07, 6.45) is 0.896. The van der Waals surface area contributed by atoms with Gasteiger partial charge in [-0.3, -0.25) is 0 Å². The summed E-state index contributed by atoms with van der Waals surface area (Å²) in [4.78, 5) is 0. The summed E-state index contributed by atoms with van der Waals surface area (Å²) in [7, 11) is 1.65. The Labute approximate surface area is 67.2 Å². The molecule has 0 aromatic rings. The van der Waals surface area contributed by atoms with Gasteiger partial charge in [-0.2, -0.15) is 0 Å². The van der Waals surface area contributed by atoms with E-state index in [1.54, 1.807) is 7.11 Å². The number of aliphatic hydroxyl groups is 2. The third-order valence-corrected chi connectivity index (χ3v) is 1.40. The Morgan fingerprint density at radius 2 is 2.00 bits per heavy atom. The highest BCUT2D eigenvalue weighted by Crippen LogP contribution is 1.82. The molecule has 0 rings (SSSR count). The second-order valence-corrected chi connectivity index (χ2v) is 2.36. The number of rotatable bonds is 7. The lowest BCUT2D eigenvalue weighted by Gasteiger charge is -2.12. The third-order valence-electron chi connectivity index (χ3n) is 1.40. The molecule has 0 unspecified atom stereocenters. The van der Waals surface area contributed by atoms with Crippen LogP contribution < -0.4 is 5.32 Å². The standard InChI is InChI=1S/C7H17NO3/c1-11-4-2-3-8-7(5-9)6-10/h7-10H,2-6H2,1H3. The Morgan fingerprint density at radius 1 is 1.36 bits per heavy atom. The van der Waals surface area contributed by atoms with Crippen molar-refractivity contribution in [2.24, 2.45) is 0 Å². The number of hydrogen-bond donors (Lipinski definition) is 3. The molecule has 11 heavy (non-hydrogen) atoms. The summed E-state index contributed by atoms with van der Waals surface area (Å²) < 4.78 is 4.83. The Hall–Kier alpha value is -0.160. The number of ether oxygens (including phenoxy) is 1. The zero-order valence-electron chi connectivity index (χ0n) is 6.92. The molecule has 0 amide bonds. The van der Waals surface area contributed by atoms with Crippen LogP contribution >= 0.6 is 0 Å². The topological polar surface area (TPSA) is 61.7 Å². The number of aliphatic hydroxyl groups excluding tert-OH is 2. The number of nitrogens with one attached hydrogen (secondary N) is 1. The molecule has 0 bridgehead atoms. The molecule has 0 atom stereocenters. The van der Waals surface area contributed by atoms with E-state index in [-0.39, 0.29) is 19.3 Å². The second-order valence-electron chi connectivity index (χ2n) is 2.36. The lowest BCUT2D eigenvalue weighted by molar-refractivity contribution is 0.161. The van der Waals surface area contributed by atoms with Crippen LogP contribution in [0, 0.1) is 0 Å². The summed E-state index contributed by atoms with van der Waals surface area (Å²) >= 11 is 0. The van der Waals surface area contributed by atoms with Crippen LogP contribution in [0.1, 0.15) is 6.42 Å². The first kappa shape index (κ1) is 10.8. The van der Waals surface area contributed by atoms with Gasteiger partial charge in [0.25, 0.3) is 0 Å². The summed E-state index contributed by atoms with van der Waals surface area (Å²) in [5, 5.41) is 20.2. The van der Waals surface area contributed by atoms with Crippen LogP contribution in [0.5, 0.6) is 0 Å². The molecule has 0 saturated carbocycles. The van der Waals surface area contributed by atoms with E-state index in [2.05, 4.69) is 5.32 Å². The van der Waals surface area contributed by atoms with Crippen LogP contribution in [0.15, 0.2) is 0 Å². The SMILES string of the molecule is COCCCNC(CO)CO. The summed E-state index contributed by atoms with van der Waals surface area (Å²) in [5.74, 6) is 0. The molecular formula is C7H17NO3. The first-order chi connectivity index (χ1) is 5.35. The van der Waals surface area contributed by atoms with E-state index in [9.17, 15) is 0 Å². The molecule has 3 N–H and O–H groups in total. The molecule has 0 aliphatic heterocycles. The molecule has 0 spiro atoms. The van der Waals surface area contributed by atoms with Gasteiger partial charge in [0.2, 0.25) is 0 Å². The van der Waals surface area contributed by atoms with Crippen LogP contribution in [0.3, 0.4) is 0 Å². The molecule has 0 aliphatic rings. The van der Waals surface area contributed by atoms with E-state index < -0.39 is 0 Å². The zero-order chi connectivity index (χ0) is 8.53. The lowest BCUT2D eigenvalue weighted by Crippen LogP contribution is -2.36. The average molecular weight is 163 g/mol. The molecule has 4 nitrogen and oxygen atoms in total. The Balaban J connectivity index is 3.07. The highest BCUT2D eigenvalue weighted by molar-refractivity contribution is 4.62. The third kappa shape index (κ3) is 6.25. The minimum atomic E-state index is -0.188. The van der Waals surface area contributed by atoms with Gasteiger partial charge in [-0.25, -0.2) is 0 Å². The normalized spacial score (nSPS) is 10.9. The predicted molar refractivity (Wildman–Crippen MR) is 42.5 cm³/mol. The molecule has 0 saturated heterocycles. The van der Waals surface area contributed by atoms with Gasteiger partial charge in [-0.15, -0.1) is 0 Å². The van der Waals surface area contributed by atoms with Crippen molar-refractivity contribution in [3.8, 4) is 0 Å². The number of methoxy groups -OCH3 is 1. The first-order valence-electron chi connectivity index (χ1n) is 3.79. The van der Waals surface area contributed by atoms with Crippen molar-refractivity contribution in [1.82, 2.24) is 5.32 Å². The fourth-order valence-corrected chi connectivity index (χ4v) is 0.710. The Kier molecular flexibility index (Phi) is 7.83. The quantitative estimate of drug-likeness (QED) is 0.420. The van der Waals surface area contributed by atoms with Crippen molar-refractivity contribution in [3.05, 3.63) is 0 Å². The van der Waals surface area contributed by atoms with Gasteiger partial charge in [0.15, 0.2) is 0 Å². The van der Waals surface area contributed by atoms with Gasteiger partial charge in [-0.1, -0.05) is 0 Å². The molecular weight excluding hydrogens is 146 g/mol. The van der Waals surface area contributed by atoms with E-state index in [1.807, 2.05) is 0 Å². The van der Waals surface area contributed by atoms with Gasteiger partial charge in [-0.05, 0) is 13.0 Å². The first-order valence-corrected chi connectivity index (χ1v) is 3.79. The minimum Gasteiger partial charge on any atom is -0.395 e. The van der Waals surface area contributed by atoms with Crippen molar-refractivity contribution >= 4 is 0 Å². The lowest BCUT2D eigenvalue weighted by atomic mass is 10.3. The highest BCUT2D eigenvalue weighted by atomic mass is 16.5. The monoisotopic (exact) mass is 163 g/mol. The molecule has 0 aromatic carbocycles. The maximum atomic E-state index is 8.63. The summed E-state index contributed by atoms with van der Waals surface area (Å²) in [6.45, 7) is 1.42. The van der Waals surface area contributed by atoms with Crippen molar-refractivity contribution in [3.63, 3.8) is 0 Å². The smallest absolute Gasteiger partial charge is 0.0607 e. The minimum absolute atomic E-state index is 0.0243. The van der Waals surface area contributed by atoms with Crippen molar-refractivity contribution in [2.45, 2.75) is 12.5 Å². The van der Waals surface area contributed by atoms with Gasteiger partial charge in [0.1, 0.15) is 0 Å². The van der Waals surface area contributed by atoms with E-state index in [0.717, 1.165) is 13.0 Å². The van der Waals surface area contributed by atoms with E-state index >= 15 is 0 Å². The maximum Gasteiger partial charge on any atom is 0.0607 e.